The third-order valence-corrected chi connectivity index (χ3v) is 15.2. The number of aromatic nitrogens is 1. The number of benzene rings is 4. The minimum atomic E-state index is -0.879. The van der Waals surface area contributed by atoms with Crippen LogP contribution in [0, 0.1) is 12.3 Å². The molecule has 75 heavy (non-hydrogen) atoms. The molecule has 4 aromatic carbocycles. The lowest BCUT2D eigenvalue weighted by molar-refractivity contribution is -0.144. The number of likely N-dealkylation sites (tertiary alicyclic amines) is 1. The van der Waals surface area contributed by atoms with Crippen molar-refractivity contribution in [3.8, 4) is 27.7 Å². The molecule has 7 rings (SSSR count). The number of ether oxygens (including phenoxy) is 1. The first-order valence-corrected chi connectivity index (χ1v) is 27.7. The molecule has 5 N–H and O–H groups in total. The van der Waals surface area contributed by atoms with Gasteiger partial charge in [0.15, 0.2) is 0 Å². The smallest absolute Gasteiger partial charge is 0.246 e. The third kappa shape index (κ3) is 15.9. The van der Waals surface area contributed by atoms with Crippen LogP contribution in [0.25, 0.3) is 21.6 Å². The number of halogens is 1. The van der Waals surface area contributed by atoms with Crippen LogP contribution in [0.5, 0.6) is 17.2 Å². The Labute approximate surface area is 450 Å². The van der Waals surface area contributed by atoms with E-state index in [0.717, 1.165) is 101 Å². The summed E-state index contributed by atoms with van der Waals surface area (Å²) < 4.78 is 6.17. The van der Waals surface area contributed by atoms with Crippen molar-refractivity contribution in [1.29, 1.82) is 0 Å². The number of aliphatic hydroxyl groups excluding tert-OH is 1. The van der Waals surface area contributed by atoms with Crippen LogP contribution in [0.15, 0.2) is 103 Å². The molecule has 2 saturated heterocycles. The molecule has 2 aliphatic rings. The van der Waals surface area contributed by atoms with Gasteiger partial charge in [0, 0.05) is 71.0 Å². The maximum Gasteiger partial charge on any atom is 0.246 e. The Morgan fingerprint density at radius 2 is 1.39 bits per heavy atom. The van der Waals surface area contributed by atoms with Gasteiger partial charge in [-0.25, -0.2) is 4.98 Å². The van der Waals surface area contributed by atoms with E-state index in [4.69, 9.17) is 16.3 Å². The molecule has 0 unspecified atom stereocenters. The predicted octanol–water partition coefficient (Wildman–Crippen LogP) is 9.18. The number of hydrogen-bond donors (Lipinski definition) is 5. The van der Waals surface area contributed by atoms with Gasteiger partial charge in [-0.3, -0.25) is 24.1 Å². The van der Waals surface area contributed by atoms with Crippen LogP contribution in [0.3, 0.4) is 0 Å². The fraction of sp³-hybridized carbons (Fsp3) is 0.441. The fourth-order valence-corrected chi connectivity index (χ4v) is 10.8. The van der Waals surface area contributed by atoms with Crippen LogP contribution in [0.1, 0.15) is 107 Å². The number of amides is 4. The van der Waals surface area contributed by atoms with Gasteiger partial charge >= 0.3 is 0 Å². The first-order chi connectivity index (χ1) is 36.1. The Hall–Kier alpha value is -6.26. The number of carbonyl (C=O) groups is 4. The number of piperazine rings is 1. The molecule has 1 aromatic heterocycles. The summed E-state index contributed by atoms with van der Waals surface area (Å²) in [6.45, 7) is 12.1. The number of unbranched alkanes of at least 4 members (excludes halogenated alkanes) is 4. The predicted molar refractivity (Wildman–Crippen MR) is 296 cm³/mol. The lowest BCUT2D eigenvalue weighted by Gasteiger charge is -2.35. The summed E-state index contributed by atoms with van der Waals surface area (Å²) >= 11 is 7.89. The van der Waals surface area contributed by atoms with Crippen LogP contribution in [0.2, 0.25) is 0 Å². The van der Waals surface area contributed by atoms with E-state index < -0.39 is 23.6 Å². The van der Waals surface area contributed by atoms with E-state index in [1.807, 2.05) is 111 Å². The van der Waals surface area contributed by atoms with Gasteiger partial charge in [-0.15, -0.1) is 22.9 Å². The van der Waals surface area contributed by atoms with Gasteiger partial charge in [0.05, 0.1) is 22.2 Å². The highest BCUT2D eigenvalue weighted by atomic mass is 35.5. The number of phenols is 2. The van der Waals surface area contributed by atoms with Gasteiger partial charge in [-0.1, -0.05) is 101 Å². The summed E-state index contributed by atoms with van der Waals surface area (Å²) in [6.07, 6.45) is 4.65. The average molecular weight is 1060 g/mol. The van der Waals surface area contributed by atoms with Gasteiger partial charge in [0.1, 0.15) is 35.9 Å². The summed E-state index contributed by atoms with van der Waals surface area (Å²) in [5.74, 6) is 0.743. The summed E-state index contributed by atoms with van der Waals surface area (Å²) in [5, 5.41) is 36.5. The van der Waals surface area contributed by atoms with E-state index in [1.165, 1.54) is 4.90 Å². The Bertz CT molecular complexity index is 2700. The van der Waals surface area contributed by atoms with Crippen molar-refractivity contribution in [3.05, 3.63) is 131 Å². The summed E-state index contributed by atoms with van der Waals surface area (Å²) in [4.78, 5) is 65.0. The highest BCUT2D eigenvalue weighted by Gasteiger charge is 2.44. The van der Waals surface area contributed by atoms with E-state index in [1.54, 1.807) is 35.6 Å². The number of alkyl halides is 1. The quantitative estimate of drug-likeness (QED) is 0.0240. The van der Waals surface area contributed by atoms with E-state index in [-0.39, 0.29) is 61.1 Å². The van der Waals surface area contributed by atoms with Crippen molar-refractivity contribution in [2.24, 2.45) is 5.41 Å². The minimum Gasteiger partial charge on any atom is -0.508 e. The van der Waals surface area contributed by atoms with Gasteiger partial charge < -0.3 is 40.5 Å². The average Bonchev–Trinajstić information content (AvgIpc) is 4.02. The maximum atomic E-state index is 14.1. The Kier molecular flexibility index (Phi) is 20.3. The number of rotatable bonds is 23. The largest absolute Gasteiger partial charge is 0.508 e. The SMILES string of the molecule is Cc1ncsc1-c1ccc(CNC(=O)[C@@H]2C[C@@H](O)CN2C(=O)[C@@H](NC(=O)CCCCCCCC(=O)N2CCN(CCOc3ccc(C(=C(CCCl)c4ccc(O)cc4)c4ccc(O)cc4)cc3)CC2)C(C)(C)C)cc1. The number of hydrogen-bond acceptors (Lipinski definition) is 11. The molecule has 400 valence electrons. The van der Waals surface area contributed by atoms with Crippen molar-refractivity contribution >= 4 is 57.7 Å². The van der Waals surface area contributed by atoms with Crippen LogP contribution < -0.4 is 15.4 Å². The van der Waals surface area contributed by atoms with Crippen molar-refractivity contribution in [2.75, 3.05) is 51.8 Å². The second-order valence-corrected chi connectivity index (χ2v) is 21.9. The number of allylic oxidation sites excluding steroid dienone is 1. The first kappa shape index (κ1) is 56.5. The Morgan fingerprint density at radius 3 is 1.99 bits per heavy atom. The Balaban J connectivity index is 0.778. The summed E-state index contributed by atoms with van der Waals surface area (Å²) in [5.41, 5.74) is 8.98. The van der Waals surface area contributed by atoms with Crippen molar-refractivity contribution in [3.63, 3.8) is 0 Å². The second kappa shape index (κ2) is 27.0. The summed E-state index contributed by atoms with van der Waals surface area (Å²) in [6, 6.07) is 28.4. The van der Waals surface area contributed by atoms with Gasteiger partial charge in [0.25, 0.3) is 0 Å². The first-order valence-electron chi connectivity index (χ1n) is 26.2. The van der Waals surface area contributed by atoms with E-state index in [9.17, 15) is 34.5 Å². The molecule has 4 amide bonds. The third-order valence-electron chi connectivity index (χ3n) is 14.1. The highest BCUT2D eigenvalue weighted by molar-refractivity contribution is 7.13. The van der Waals surface area contributed by atoms with E-state index >= 15 is 0 Å². The lowest BCUT2D eigenvalue weighted by atomic mass is 9.85. The monoisotopic (exact) mass is 1060 g/mol. The molecule has 0 spiro atoms. The molecule has 3 atom stereocenters. The molecule has 2 aliphatic heterocycles. The molecule has 0 bridgehead atoms. The zero-order valence-electron chi connectivity index (χ0n) is 43.7. The number of nitrogens with one attached hydrogen (secondary N) is 2. The zero-order chi connectivity index (χ0) is 53.5. The van der Waals surface area contributed by atoms with Crippen LogP contribution in [0.4, 0.5) is 0 Å². The minimum absolute atomic E-state index is 0.0158. The van der Waals surface area contributed by atoms with Crippen LogP contribution >= 0.6 is 22.9 Å². The highest BCUT2D eigenvalue weighted by Crippen LogP contribution is 2.37. The molecule has 0 saturated carbocycles. The summed E-state index contributed by atoms with van der Waals surface area (Å²) in [7, 11) is 0. The number of phenolic OH excluding ortho intramolecular Hbond substituents is 2. The Morgan fingerprint density at radius 1 is 0.787 bits per heavy atom. The lowest BCUT2D eigenvalue weighted by Crippen LogP contribution is -2.57. The van der Waals surface area contributed by atoms with Gasteiger partial charge in [0.2, 0.25) is 23.6 Å². The van der Waals surface area contributed by atoms with E-state index in [2.05, 4.69) is 20.5 Å². The molecular formula is C59H73ClN6O8S. The molecule has 5 aromatic rings. The number of β-amino-alcohol motifs (C(OH)–C–C–N with tert-alkyl or cyclic N) is 1. The van der Waals surface area contributed by atoms with Crippen molar-refractivity contribution in [1.82, 2.24) is 30.3 Å². The fourth-order valence-electron chi connectivity index (χ4n) is 9.81. The van der Waals surface area contributed by atoms with Crippen LogP contribution in [-0.2, 0) is 25.7 Å². The second-order valence-electron chi connectivity index (χ2n) is 20.7. The molecule has 16 heteroatoms. The molecule has 3 heterocycles. The standard InChI is InChI=1S/C59H73ClN6O8S/c1-40-55(75-39-62-40)45-14-12-41(13-15-45)37-61-57(72)51-36-48(69)38-66(51)58(73)56(59(2,3)4)63-52(70)10-8-6-5-7-9-11-53(71)65-32-30-64(31-33-65)34-35-74-49-26-20-44(21-27-49)54(43-18-24-47(68)25-19-43)50(28-29-60)42-16-22-46(67)23-17-42/h12-27,39,48,51,56,67-69H,5-11,28-38H2,1-4H3,(H,61,72)(H,63,70)/t48-,51+,56-/m1/s1. The molecule has 2 fully saturated rings. The number of aryl methyl sites for hydroxylation is 1. The number of carbonyl (C=O) groups excluding carboxylic acids is 4. The zero-order valence-corrected chi connectivity index (χ0v) is 45.3. The number of aromatic hydroxyl groups is 2. The van der Waals surface area contributed by atoms with Crippen molar-refractivity contribution < 1.29 is 39.2 Å². The van der Waals surface area contributed by atoms with Gasteiger partial charge in [-0.05, 0) is 107 Å². The molecule has 0 aliphatic carbocycles. The number of thiazole rings is 1. The maximum absolute atomic E-state index is 14.1. The topological polar surface area (TPSA) is 185 Å². The van der Waals surface area contributed by atoms with Gasteiger partial charge in [-0.2, -0.15) is 0 Å². The molecular weight excluding hydrogens is 988 g/mol. The number of aliphatic hydroxyl groups is 1. The molecule has 14 nitrogen and oxygen atoms in total. The normalized spacial score (nSPS) is 16.8. The van der Waals surface area contributed by atoms with Crippen LogP contribution in [-0.4, -0.2) is 129 Å². The van der Waals surface area contributed by atoms with E-state index in [0.29, 0.717) is 44.8 Å². The van der Waals surface area contributed by atoms with Crippen molar-refractivity contribution in [2.45, 2.75) is 110 Å². The number of nitrogens with zero attached hydrogens (tertiary/aromatic N) is 4. The molecule has 0 radical (unpaired) electrons.